The molecule has 34 heavy (non-hydrogen) atoms. The van der Waals surface area contributed by atoms with Crippen LogP contribution in [0.3, 0.4) is 0 Å². The highest BCUT2D eigenvalue weighted by Gasteiger charge is 2.12. The van der Waals surface area contributed by atoms with Crippen molar-refractivity contribution in [1.29, 1.82) is 0 Å². The van der Waals surface area contributed by atoms with Gasteiger partial charge < -0.3 is 26.6 Å². The molecule has 0 unspecified atom stereocenters. The van der Waals surface area contributed by atoms with Crippen LogP contribution < -0.4 is 21.7 Å². The van der Waals surface area contributed by atoms with Crippen LogP contribution >= 0.6 is 11.6 Å². The molecule has 0 radical (unpaired) electrons. The van der Waals surface area contributed by atoms with Gasteiger partial charge in [0.25, 0.3) is 5.91 Å². The summed E-state index contributed by atoms with van der Waals surface area (Å²) in [7, 11) is 5.53. The van der Waals surface area contributed by atoms with Crippen LogP contribution in [0, 0.1) is 0 Å². The van der Waals surface area contributed by atoms with E-state index in [1.54, 1.807) is 31.3 Å². The van der Waals surface area contributed by atoms with Gasteiger partial charge in [-0.15, -0.1) is 0 Å². The predicted octanol–water partition coefficient (Wildman–Crippen LogP) is 4.08. The summed E-state index contributed by atoms with van der Waals surface area (Å²) in [5, 5.41) is 9.19. The van der Waals surface area contributed by atoms with E-state index >= 15 is 0 Å². The summed E-state index contributed by atoms with van der Waals surface area (Å²) < 4.78 is 0. The van der Waals surface area contributed by atoms with Gasteiger partial charge in [0.15, 0.2) is 5.82 Å². The summed E-state index contributed by atoms with van der Waals surface area (Å²) in [5.41, 5.74) is 8.45. The number of amides is 1. The van der Waals surface area contributed by atoms with Crippen LogP contribution in [0.15, 0.2) is 71.9 Å². The lowest BCUT2D eigenvalue weighted by Gasteiger charge is -2.13. The Morgan fingerprint density at radius 3 is 2.74 bits per heavy atom. The van der Waals surface area contributed by atoms with Crippen LogP contribution in [0.25, 0.3) is 0 Å². The van der Waals surface area contributed by atoms with Crippen LogP contribution in [0.2, 0.25) is 5.02 Å². The molecule has 5 N–H and O–H groups in total. The summed E-state index contributed by atoms with van der Waals surface area (Å²) in [6, 6.07) is 14.5. The number of rotatable bonds is 9. The maximum absolute atomic E-state index is 12.2. The first kappa shape index (κ1) is 24.7. The van der Waals surface area contributed by atoms with Gasteiger partial charge in [-0.25, -0.2) is 9.98 Å². The third kappa shape index (κ3) is 7.03. The number of nitrogens with two attached hydrogens (primary N) is 1. The van der Waals surface area contributed by atoms with E-state index in [0.717, 1.165) is 12.2 Å². The summed E-state index contributed by atoms with van der Waals surface area (Å²) in [6.45, 7) is 0.773. The number of nitrogens with one attached hydrogen (secondary N) is 3. The number of hydrogen-bond donors (Lipinski definition) is 4. The molecule has 176 valence electrons. The second-order valence-electron chi connectivity index (χ2n) is 7.52. The van der Waals surface area contributed by atoms with Gasteiger partial charge in [-0.3, -0.25) is 4.79 Å². The highest BCUT2D eigenvalue weighted by molar-refractivity contribution is 6.33. The Bertz CT molecular complexity index is 1210. The second kappa shape index (κ2) is 11.8. The number of anilines is 4. The van der Waals surface area contributed by atoms with Crippen LogP contribution in [0.4, 0.5) is 28.8 Å². The number of halogens is 1. The molecule has 0 fully saturated rings. The molecule has 0 atom stereocenters. The molecule has 1 amide bonds. The fourth-order valence-electron chi connectivity index (χ4n) is 2.92. The number of amidine groups is 1. The smallest absolute Gasteiger partial charge is 0.253 e. The maximum Gasteiger partial charge on any atom is 0.253 e. The van der Waals surface area contributed by atoms with Crippen molar-refractivity contribution < 1.29 is 4.79 Å². The number of aliphatic imine (C=N–C) groups is 1. The summed E-state index contributed by atoms with van der Waals surface area (Å²) in [6.07, 6.45) is 5.20. The van der Waals surface area contributed by atoms with Gasteiger partial charge in [0.05, 0.1) is 23.1 Å². The van der Waals surface area contributed by atoms with Gasteiger partial charge in [0.2, 0.25) is 5.95 Å². The van der Waals surface area contributed by atoms with Gasteiger partial charge in [-0.1, -0.05) is 35.9 Å². The Labute approximate surface area is 203 Å². The molecule has 9 nitrogen and oxygen atoms in total. The zero-order valence-corrected chi connectivity index (χ0v) is 20.0. The van der Waals surface area contributed by atoms with E-state index in [0.29, 0.717) is 39.6 Å². The van der Waals surface area contributed by atoms with Crippen molar-refractivity contribution in [3.8, 4) is 0 Å². The van der Waals surface area contributed by atoms with Crippen LogP contribution in [-0.4, -0.2) is 54.3 Å². The number of carbonyl (C=O) groups is 1. The molecule has 2 aromatic carbocycles. The number of nitrogens with zero attached hydrogens (tertiary/aromatic N) is 4. The Morgan fingerprint density at radius 2 is 1.97 bits per heavy atom. The topological polar surface area (TPSA) is 121 Å². The SMILES string of the molecule is CNC(=O)c1ccccc1Nc1nc(Nc2cccc(N=C(N)/C=C/CN(C)C)c2)ncc1Cl. The summed E-state index contributed by atoms with van der Waals surface area (Å²) >= 11 is 6.30. The van der Waals surface area contributed by atoms with Crippen LogP contribution in [0.1, 0.15) is 10.4 Å². The molecular weight excluding hydrogens is 452 g/mol. The molecule has 3 rings (SSSR count). The third-order valence-electron chi connectivity index (χ3n) is 4.52. The van der Waals surface area contributed by atoms with E-state index in [-0.39, 0.29) is 5.91 Å². The third-order valence-corrected chi connectivity index (χ3v) is 4.79. The molecule has 3 aromatic rings. The lowest BCUT2D eigenvalue weighted by Crippen LogP contribution is -2.19. The number of likely N-dealkylation sites (N-methyl/N-ethyl adjacent to an activating group) is 1. The summed E-state index contributed by atoms with van der Waals surface area (Å²) in [4.78, 5) is 27.3. The Balaban J connectivity index is 1.78. The lowest BCUT2D eigenvalue weighted by atomic mass is 10.1. The van der Waals surface area contributed by atoms with Gasteiger partial charge in [-0.2, -0.15) is 4.98 Å². The quantitative estimate of drug-likeness (QED) is 0.270. The minimum absolute atomic E-state index is 0.222. The van der Waals surface area contributed by atoms with E-state index in [1.165, 1.54) is 6.20 Å². The normalized spacial score (nSPS) is 11.6. The van der Waals surface area contributed by atoms with Crippen molar-refractivity contribution >= 4 is 52.2 Å². The first-order valence-corrected chi connectivity index (χ1v) is 10.9. The molecule has 0 saturated carbocycles. The minimum Gasteiger partial charge on any atom is -0.384 e. The molecule has 10 heteroatoms. The van der Waals surface area contributed by atoms with E-state index in [1.807, 2.05) is 55.4 Å². The van der Waals surface area contributed by atoms with E-state index < -0.39 is 0 Å². The van der Waals surface area contributed by atoms with Crippen molar-refractivity contribution in [2.75, 3.05) is 38.3 Å². The zero-order chi connectivity index (χ0) is 24.5. The number of para-hydroxylation sites is 1. The van der Waals surface area contributed by atoms with Crippen molar-refractivity contribution in [2.45, 2.75) is 0 Å². The van der Waals surface area contributed by atoms with Crippen molar-refractivity contribution in [1.82, 2.24) is 20.2 Å². The molecule has 1 aromatic heterocycles. The Hall–Kier alpha value is -3.95. The number of benzene rings is 2. The first-order chi connectivity index (χ1) is 16.4. The maximum atomic E-state index is 12.2. The van der Waals surface area contributed by atoms with Gasteiger partial charge in [0, 0.05) is 19.3 Å². The lowest BCUT2D eigenvalue weighted by molar-refractivity contribution is 0.0964. The number of carbonyl (C=O) groups excluding carboxylic acids is 1. The standard InChI is InChI=1S/C24H27ClN8O/c1-27-23(34)18-10-4-5-11-20(18)31-22-19(25)15-28-24(32-22)30-17-9-6-8-16(14-17)29-21(26)12-7-13-33(2)3/h4-12,14-15H,13H2,1-3H3,(H2,26,29)(H,27,34)(H2,28,30,31,32)/b12-7+. The molecule has 0 bridgehead atoms. The van der Waals surface area contributed by atoms with Crippen molar-refractivity contribution in [3.63, 3.8) is 0 Å². The van der Waals surface area contributed by atoms with Gasteiger partial charge in [-0.05, 0) is 50.5 Å². The van der Waals surface area contributed by atoms with E-state index in [9.17, 15) is 4.79 Å². The molecule has 0 spiro atoms. The number of aromatic nitrogens is 2. The monoisotopic (exact) mass is 478 g/mol. The Morgan fingerprint density at radius 1 is 1.18 bits per heavy atom. The Kier molecular flexibility index (Phi) is 8.55. The minimum atomic E-state index is -0.222. The zero-order valence-electron chi connectivity index (χ0n) is 19.2. The highest BCUT2D eigenvalue weighted by atomic mass is 35.5. The summed E-state index contributed by atoms with van der Waals surface area (Å²) in [5.74, 6) is 0.868. The number of hydrogen-bond acceptors (Lipinski definition) is 7. The molecule has 0 aliphatic carbocycles. The molecule has 0 aliphatic heterocycles. The highest BCUT2D eigenvalue weighted by Crippen LogP contribution is 2.27. The molecule has 0 aliphatic rings. The fourth-order valence-corrected chi connectivity index (χ4v) is 3.06. The fraction of sp³-hybridized carbons (Fsp3) is 0.167. The second-order valence-corrected chi connectivity index (χ2v) is 7.92. The molecular formula is C24H27ClN8O. The van der Waals surface area contributed by atoms with Crippen LogP contribution in [-0.2, 0) is 0 Å². The van der Waals surface area contributed by atoms with E-state index in [2.05, 4.69) is 30.9 Å². The van der Waals surface area contributed by atoms with E-state index in [4.69, 9.17) is 17.3 Å². The van der Waals surface area contributed by atoms with Gasteiger partial charge in [0.1, 0.15) is 10.9 Å². The van der Waals surface area contributed by atoms with Crippen molar-refractivity contribution in [3.05, 3.63) is 77.5 Å². The first-order valence-electron chi connectivity index (χ1n) is 10.5. The van der Waals surface area contributed by atoms with Crippen molar-refractivity contribution in [2.24, 2.45) is 10.7 Å². The van der Waals surface area contributed by atoms with Gasteiger partial charge >= 0.3 is 0 Å². The predicted molar refractivity (Wildman–Crippen MR) is 139 cm³/mol. The molecule has 0 saturated heterocycles. The average Bonchev–Trinajstić information content (AvgIpc) is 2.81. The average molecular weight is 479 g/mol. The molecule has 1 heterocycles. The van der Waals surface area contributed by atoms with Crippen LogP contribution in [0.5, 0.6) is 0 Å². The largest absolute Gasteiger partial charge is 0.384 e.